The van der Waals surface area contributed by atoms with Gasteiger partial charge in [-0.15, -0.1) is 0 Å². The fraction of sp³-hybridized carbons (Fsp3) is 0.167. The van der Waals surface area contributed by atoms with Gasteiger partial charge >= 0.3 is 0 Å². The smallest absolute Gasteiger partial charge is 0.130 e. The molecule has 0 saturated heterocycles. The Morgan fingerprint density at radius 1 is 1.13 bits per heavy atom. The molecule has 0 radical (unpaired) electrons. The predicted octanol–water partition coefficient (Wildman–Crippen LogP) is 3.01. The maximum Gasteiger partial charge on any atom is 0.130 e. The summed E-state index contributed by atoms with van der Waals surface area (Å²) in [5.41, 5.74) is 0. The van der Waals surface area contributed by atoms with Crippen LogP contribution in [0.4, 0.5) is 0 Å². The van der Waals surface area contributed by atoms with Gasteiger partial charge in [0.1, 0.15) is 5.75 Å². The molecule has 2 nitrogen and oxygen atoms in total. The highest BCUT2D eigenvalue weighted by atomic mass is 31.0. The van der Waals surface area contributed by atoms with Crippen LogP contribution in [0.3, 0.4) is 0 Å². The van der Waals surface area contributed by atoms with Gasteiger partial charge in [0.15, 0.2) is 0 Å². The monoisotopic (exact) mass is 222 g/mol. The Bertz CT molecular complexity index is 410. The zero-order chi connectivity index (χ0) is 11.1. The van der Waals surface area contributed by atoms with E-state index >= 15 is 0 Å². The molecule has 0 aliphatic heterocycles. The van der Waals surface area contributed by atoms with Gasteiger partial charge in [-0.2, -0.15) is 0 Å². The van der Waals surface area contributed by atoms with Crippen LogP contribution in [0.1, 0.15) is 6.92 Å². The van der Waals surface area contributed by atoms with E-state index < -0.39 is 0 Å². The number of rotatable bonds is 1. The van der Waals surface area contributed by atoms with E-state index in [1.165, 1.54) is 5.39 Å². The Morgan fingerprint density at radius 2 is 1.73 bits per heavy atom. The fourth-order valence-electron chi connectivity index (χ4n) is 1.30. The minimum atomic E-state index is 0.250. The van der Waals surface area contributed by atoms with Crippen molar-refractivity contribution in [2.45, 2.75) is 6.92 Å². The van der Waals surface area contributed by atoms with Crippen LogP contribution in [0, 0.1) is 0 Å². The highest BCUT2D eigenvalue weighted by molar-refractivity contribution is 7.10. The van der Waals surface area contributed by atoms with Crippen LogP contribution in [-0.4, -0.2) is 11.7 Å². The number of aliphatic hydroxyl groups excluding tert-OH is 1. The summed E-state index contributed by atoms with van der Waals surface area (Å²) in [6.45, 7) is 1.93. The lowest BCUT2D eigenvalue weighted by Crippen LogP contribution is -1.76. The van der Waals surface area contributed by atoms with Crippen molar-refractivity contribution in [3.05, 3.63) is 42.5 Å². The summed E-state index contributed by atoms with van der Waals surface area (Å²) in [5, 5.41) is 9.92. The Labute approximate surface area is 92.2 Å². The van der Waals surface area contributed by atoms with E-state index in [0.717, 1.165) is 11.1 Å². The van der Waals surface area contributed by atoms with E-state index in [1.54, 1.807) is 6.92 Å². The van der Waals surface area contributed by atoms with Crippen LogP contribution >= 0.6 is 9.47 Å². The highest BCUT2D eigenvalue weighted by Crippen LogP contribution is 2.25. The third kappa shape index (κ3) is 3.19. The van der Waals surface area contributed by atoms with E-state index in [9.17, 15) is 0 Å². The Balaban J connectivity index is 0.000000337. The van der Waals surface area contributed by atoms with Gasteiger partial charge in [-0.05, 0) is 18.4 Å². The fourth-order valence-corrected chi connectivity index (χ4v) is 1.50. The zero-order valence-corrected chi connectivity index (χ0v) is 9.84. The number of hydrogen-bond donors (Lipinski definition) is 1. The van der Waals surface area contributed by atoms with Gasteiger partial charge in [-0.25, -0.2) is 0 Å². The first kappa shape index (κ1) is 12.0. The van der Waals surface area contributed by atoms with Crippen molar-refractivity contribution in [3.8, 4) is 5.75 Å². The zero-order valence-electron chi connectivity index (χ0n) is 8.68. The molecule has 0 spiro atoms. The van der Waals surface area contributed by atoms with E-state index in [-0.39, 0.29) is 6.61 Å². The maximum atomic E-state index is 7.57. The molecular formula is C12H15O2P. The van der Waals surface area contributed by atoms with E-state index in [4.69, 9.17) is 9.63 Å². The average Bonchev–Trinajstić information content (AvgIpc) is 2.29. The molecule has 0 aromatic heterocycles. The first-order valence-electron chi connectivity index (χ1n) is 4.78. The van der Waals surface area contributed by atoms with Crippen molar-refractivity contribution >= 4 is 20.2 Å². The molecule has 80 valence electrons. The molecule has 0 saturated carbocycles. The summed E-state index contributed by atoms with van der Waals surface area (Å²) in [6.07, 6.45) is 0. The SMILES string of the molecule is CCO.POc1cccc2ccccc12. The quantitative estimate of drug-likeness (QED) is 0.751. The highest BCUT2D eigenvalue weighted by Gasteiger charge is 1.97. The molecular weight excluding hydrogens is 207 g/mol. The molecule has 0 heterocycles. The summed E-state index contributed by atoms with van der Waals surface area (Å²) in [7, 11) is 2.27. The lowest BCUT2D eigenvalue weighted by molar-refractivity contribution is 0.318. The molecule has 1 unspecified atom stereocenters. The van der Waals surface area contributed by atoms with Crippen molar-refractivity contribution < 1.29 is 9.63 Å². The van der Waals surface area contributed by atoms with Gasteiger partial charge in [0.05, 0.1) is 9.47 Å². The van der Waals surface area contributed by atoms with Gasteiger partial charge in [0.2, 0.25) is 0 Å². The Morgan fingerprint density at radius 3 is 2.40 bits per heavy atom. The molecule has 3 heteroatoms. The van der Waals surface area contributed by atoms with Gasteiger partial charge in [-0.3, -0.25) is 0 Å². The van der Waals surface area contributed by atoms with Crippen molar-refractivity contribution in [3.63, 3.8) is 0 Å². The normalized spacial score (nSPS) is 9.27. The standard InChI is InChI=1S/C10H9OP.C2H6O/c12-11-10-7-3-5-8-4-1-2-6-9(8)10;1-2-3/h1-7H,12H2;3H,2H2,1H3. The van der Waals surface area contributed by atoms with Crippen LogP contribution in [0.2, 0.25) is 0 Å². The third-order valence-electron chi connectivity index (χ3n) is 1.88. The van der Waals surface area contributed by atoms with Crippen LogP contribution in [0.15, 0.2) is 42.5 Å². The maximum absolute atomic E-state index is 7.57. The molecule has 0 aliphatic rings. The van der Waals surface area contributed by atoms with Crippen molar-refractivity contribution in [1.82, 2.24) is 0 Å². The second-order valence-electron chi connectivity index (χ2n) is 2.91. The van der Waals surface area contributed by atoms with E-state index in [2.05, 4.69) is 27.7 Å². The topological polar surface area (TPSA) is 29.5 Å². The number of fused-ring (bicyclic) bond motifs is 1. The number of hydrogen-bond acceptors (Lipinski definition) is 2. The second-order valence-corrected chi connectivity index (χ2v) is 3.15. The van der Waals surface area contributed by atoms with Crippen LogP contribution in [0.25, 0.3) is 10.8 Å². The first-order chi connectivity index (χ1) is 7.33. The molecule has 0 aliphatic carbocycles. The van der Waals surface area contributed by atoms with Crippen molar-refractivity contribution in [2.75, 3.05) is 6.61 Å². The van der Waals surface area contributed by atoms with Crippen LogP contribution in [-0.2, 0) is 0 Å². The summed E-state index contributed by atoms with van der Waals surface area (Å²) in [5.74, 6) is 0.901. The Hall–Kier alpha value is -1.11. The van der Waals surface area contributed by atoms with Crippen molar-refractivity contribution in [2.24, 2.45) is 0 Å². The average molecular weight is 222 g/mol. The van der Waals surface area contributed by atoms with Gasteiger partial charge in [0, 0.05) is 12.0 Å². The lowest BCUT2D eigenvalue weighted by atomic mass is 10.1. The number of aliphatic hydroxyl groups is 1. The third-order valence-corrected chi connectivity index (χ3v) is 2.13. The molecule has 15 heavy (non-hydrogen) atoms. The predicted molar refractivity (Wildman–Crippen MR) is 67.0 cm³/mol. The molecule has 2 rings (SSSR count). The minimum Gasteiger partial charge on any atom is -0.480 e. The summed E-state index contributed by atoms with van der Waals surface area (Å²) in [4.78, 5) is 0. The molecule has 0 bridgehead atoms. The van der Waals surface area contributed by atoms with E-state index in [0.29, 0.717) is 0 Å². The minimum absolute atomic E-state index is 0.250. The molecule has 1 N–H and O–H groups in total. The Kier molecular flexibility index (Phi) is 5.09. The lowest BCUT2D eigenvalue weighted by Gasteiger charge is -2.03. The number of benzene rings is 2. The molecule has 2 aromatic carbocycles. The molecule has 0 fully saturated rings. The van der Waals surface area contributed by atoms with Crippen LogP contribution in [0.5, 0.6) is 5.75 Å². The summed E-state index contributed by atoms with van der Waals surface area (Å²) < 4.78 is 5.14. The largest absolute Gasteiger partial charge is 0.480 e. The van der Waals surface area contributed by atoms with Gasteiger partial charge in [-0.1, -0.05) is 36.4 Å². The summed E-state index contributed by atoms with van der Waals surface area (Å²) in [6, 6.07) is 14.2. The van der Waals surface area contributed by atoms with Gasteiger partial charge < -0.3 is 9.63 Å². The van der Waals surface area contributed by atoms with Crippen LogP contribution < -0.4 is 4.52 Å². The molecule has 1 atom stereocenters. The molecule has 2 aromatic rings. The van der Waals surface area contributed by atoms with Gasteiger partial charge in [0.25, 0.3) is 0 Å². The van der Waals surface area contributed by atoms with Crippen molar-refractivity contribution in [1.29, 1.82) is 0 Å². The first-order valence-corrected chi connectivity index (χ1v) is 5.26. The summed E-state index contributed by atoms with van der Waals surface area (Å²) >= 11 is 0. The van der Waals surface area contributed by atoms with E-state index in [1.807, 2.05) is 24.3 Å². The molecule has 0 amide bonds. The second kappa shape index (κ2) is 6.39.